The SMILES string of the molecule is CN1CCc2nc([C@@H]3CCN(C(=O)Cn4cnc5ccccc54)C3)ncc2C1. The lowest BCUT2D eigenvalue weighted by Gasteiger charge is -2.24. The molecule has 0 bridgehead atoms. The van der Waals surface area contributed by atoms with Gasteiger partial charge in [0.1, 0.15) is 12.4 Å². The van der Waals surface area contributed by atoms with Crippen LogP contribution in [0.3, 0.4) is 0 Å². The summed E-state index contributed by atoms with van der Waals surface area (Å²) in [4.78, 5) is 30.9. The van der Waals surface area contributed by atoms with E-state index in [2.05, 4.69) is 21.9 Å². The van der Waals surface area contributed by atoms with Crippen molar-refractivity contribution < 1.29 is 4.79 Å². The van der Waals surface area contributed by atoms with Crippen molar-refractivity contribution in [1.29, 1.82) is 0 Å². The van der Waals surface area contributed by atoms with Gasteiger partial charge in [0.05, 0.1) is 17.4 Å². The van der Waals surface area contributed by atoms with Crippen LogP contribution in [0, 0.1) is 0 Å². The Hall–Kier alpha value is -2.80. The molecule has 3 aromatic rings. The third-order valence-corrected chi connectivity index (χ3v) is 5.88. The summed E-state index contributed by atoms with van der Waals surface area (Å²) < 4.78 is 1.93. The molecule has 1 atom stereocenters. The van der Waals surface area contributed by atoms with Crippen molar-refractivity contribution in [3.05, 3.63) is 53.9 Å². The second kappa shape index (κ2) is 6.98. The van der Waals surface area contributed by atoms with Crippen LogP contribution in [-0.2, 0) is 24.3 Å². The Morgan fingerprint density at radius 2 is 2.11 bits per heavy atom. The quantitative estimate of drug-likeness (QED) is 0.698. The van der Waals surface area contributed by atoms with E-state index in [1.807, 2.05) is 39.9 Å². The van der Waals surface area contributed by atoms with Gasteiger partial charge in [-0.15, -0.1) is 0 Å². The van der Waals surface area contributed by atoms with E-state index in [0.29, 0.717) is 13.1 Å². The number of hydrogen-bond donors (Lipinski definition) is 0. The normalized spacial score (nSPS) is 19.9. The van der Waals surface area contributed by atoms with E-state index < -0.39 is 0 Å². The van der Waals surface area contributed by atoms with Crippen molar-refractivity contribution >= 4 is 16.9 Å². The molecule has 2 aliphatic rings. The van der Waals surface area contributed by atoms with Gasteiger partial charge in [-0.25, -0.2) is 15.0 Å². The molecule has 28 heavy (non-hydrogen) atoms. The zero-order chi connectivity index (χ0) is 19.1. The van der Waals surface area contributed by atoms with Crippen molar-refractivity contribution in [3.63, 3.8) is 0 Å². The maximum atomic E-state index is 12.8. The Bertz CT molecular complexity index is 1030. The Labute approximate surface area is 164 Å². The number of carbonyl (C=O) groups excluding carboxylic acids is 1. The zero-order valence-electron chi connectivity index (χ0n) is 16.1. The summed E-state index contributed by atoms with van der Waals surface area (Å²) in [6.07, 6.45) is 5.63. The summed E-state index contributed by atoms with van der Waals surface area (Å²) in [7, 11) is 2.13. The maximum absolute atomic E-state index is 12.8. The highest BCUT2D eigenvalue weighted by molar-refractivity contribution is 5.80. The van der Waals surface area contributed by atoms with Crippen LogP contribution >= 0.6 is 0 Å². The van der Waals surface area contributed by atoms with Gasteiger partial charge in [0.15, 0.2) is 0 Å². The summed E-state index contributed by atoms with van der Waals surface area (Å²) in [5.41, 5.74) is 4.32. The number of hydrogen-bond acceptors (Lipinski definition) is 5. The van der Waals surface area contributed by atoms with Crippen LogP contribution in [0.15, 0.2) is 36.8 Å². The van der Waals surface area contributed by atoms with Gasteiger partial charge in [-0.3, -0.25) is 4.79 Å². The standard InChI is InChI=1S/C21H24N6O/c1-25-8-7-17-16(11-25)10-22-21(24-17)15-6-9-26(12-15)20(28)13-27-14-23-18-4-2-3-5-19(18)27/h2-5,10,14-15H,6-9,11-13H2,1H3/t15-/m1/s1. The minimum atomic E-state index is 0.130. The van der Waals surface area contributed by atoms with Crippen LogP contribution in [-0.4, -0.2) is 61.9 Å². The summed E-state index contributed by atoms with van der Waals surface area (Å²) in [5.74, 6) is 1.25. The van der Waals surface area contributed by atoms with E-state index in [1.54, 1.807) is 6.33 Å². The van der Waals surface area contributed by atoms with E-state index in [4.69, 9.17) is 4.98 Å². The van der Waals surface area contributed by atoms with Gasteiger partial charge in [-0.1, -0.05) is 12.1 Å². The summed E-state index contributed by atoms with van der Waals surface area (Å²) in [6.45, 7) is 3.75. The Morgan fingerprint density at radius 3 is 3.04 bits per heavy atom. The van der Waals surface area contributed by atoms with Gasteiger partial charge < -0.3 is 14.4 Å². The first-order valence-corrected chi connectivity index (χ1v) is 9.88. The number of para-hydroxylation sites is 2. The number of fused-ring (bicyclic) bond motifs is 2. The number of benzene rings is 1. The number of likely N-dealkylation sites (N-methyl/N-ethyl adjacent to an activating group) is 1. The first-order chi connectivity index (χ1) is 13.7. The van der Waals surface area contributed by atoms with Crippen LogP contribution in [0.1, 0.15) is 29.4 Å². The van der Waals surface area contributed by atoms with Gasteiger partial charge in [0.25, 0.3) is 0 Å². The van der Waals surface area contributed by atoms with Crippen LogP contribution in [0.2, 0.25) is 0 Å². The van der Waals surface area contributed by atoms with Gasteiger partial charge in [-0.2, -0.15) is 0 Å². The van der Waals surface area contributed by atoms with E-state index in [-0.39, 0.29) is 11.8 Å². The molecule has 2 aliphatic heterocycles. The molecule has 1 saturated heterocycles. The lowest BCUT2D eigenvalue weighted by molar-refractivity contribution is -0.130. The minimum absolute atomic E-state index is 0.130. The molecule has 144 valence electrons. The number of rotatable bonds is 3. The van der Waals surface area contributed by atoms with Gasteiger partial charge in [0.2, 0.25) is 5.91 Å². The topological polar surface area (TPSA) is 67.2 Å². The van der Waals surface area contributed by atoms with E-state index >= 15 is 0 Å². The summed E-state index contributed by atoms with van der Waals surface area (Å²) >= 11 is 0. The molecule has 4 heterocycles. The monoisotopic (exact) mass is 376 g/mol. The number of amides is 1. The predicted octanol–water partition coefficient (Wildman–Crippen LogP) is 1.83. The number of aromatic nitrogens is 4. The Balaban J connectivity index is 1.27. The molecule has 1 amide bonds. The number of likely N-dealkylation sites (tertiary alicyclic amines) is 1. The van der Waals surface area contributed by atoms with Crippen molar-refractivity contribution in [2.45, 2.75) is 31.8 Å². The minimum Gasteiger partial charge on any atom is -0.340 e. The largest absolute Gasteiger partial charge is 0.340 e. The zero-order valence-corrected chi connectivity index (χ0v) is 16.1. The molecule has 5 rings (SSSR count). The maximum Gasteiger partial charge on any atom is 0.242 e. The van der Waals surface area contributed by atoms with Crippen LogP contribution in [0.5, 0.6) is 0 Å². The Morgan fingerprint density at radius 1 is 1.21 bits per heavy atom. The third kappa shape index (κ3) is 3.16. The molecule has 0 spiro atoms. The molecular weight excluding hydrogens is 352 g/mol. The molecule has 0 aliphatic carbocycles. The molecule has 2 aromatic heterocycles. The fourth-order valence-electron chi connectivity index (χ4n) is 4.25. The molecule has 0 N–H and O–H groups in total. The van der Waals surface area contributed by atoms with Gasteiger partial charge in [-0.05, 0) is 25.6 Å². The highest BCUT2D eigenvalue weighted by Gasteiger charge is 2.30. The van der Waals surface area contributed by atoms with E-state index in [1.165, 1.54) is 11.3 Å². The molecule has 1 aromatic carbocycles. The predicted molar refractivity (Wildman–Crippen MR) is 106 cm³/mol. The van der Waals surface area contributed by atoms with Crippen LogP contribution in [0.25, 0.3) is 11.0 Å². The number of carbonyl (C=O) groups is 1. The highest BCUT2D eigenvalue weighted by Crippen LogP contribution is 2.26. The molecule has 7 heteroatoms. The van der Waals surface area contributed by atoms with Crippen molar-refractivity contribution in [3.8, 4) is 0 Å². The lowest BCUT2D eigenvalue weighted by atomic mass is 10.1. The number of nitrogens with zero attached hydrogens (tertiary/aromatic N) is 6. The fraction of sp³-hybridized carbons (Fsp3) is 0.429. The smallest absolute Gasteiger partial charge is 0.242 e. The first-order valence-electron chi connectivity index (χ1n) is 9.88. The molecule has 7 nitrogen and oxygen atoms in total. The second-order valence-electron chi connectivity index (χ2n) is 7.87. The lowest BCUT2D eigenvalue weighted by Crippen LogP contribution is -2.32. The number of imidazole rings is 1. The molecule has 0 unspecified atom stereocenters. The summed E-state index contributed by atoms with van der Waals surface area (Å²) in [6, 6.07) is 7.90. The van der Waals surface area contributed by atoms with Crippen LogP contribution in [0.4, 0.5) is 0 Å². The van der Waals surface area contributed by atoms with Crippen LogP contribution < -0.4 is 0 Å². The summed E-state index contributed by atoms with van der Waals surface area (Å²) in [5, 5.41) is 0. The van der Waals surface area contributed by atoms with Crippen molar-refractivity contribution in [2.24, 2.45) is 0 Å². The van der Waals surface area contributed by atoms with Crippen molar-refractivity contribution in [2.75, 3.05) is 26.7 Å². The highest BCUT2D eigenvalue weighted by atomic mass is 16.2. The molecule has 0 radical (unpaired) electrons. The second-order valence-corrected chi connectivity index (χ2v) is 7.87. The van der Waals surface area contributed by atoms with Crippen molar-refractivity contribution in [1.82, 2.24) is 29.3 Å². The first kappa shape index (κ1) is 17.3. The van der Waals surface area contributed by atoms with Gasteiger partial charge >= 0.3 is 0 Å². The van der Waals surface area contributed by atoms with E-state index in [0.717, 1.165) is 49.3 Å². The molecular formula is C21H24N6O. The molecule has 0 saturated carbocycles. The average molecular weight is 376 g/mol. The van der Waals surface area contributed by atoms with E-state index in [9.17, 15) is 4.79 Å². The average Bonchev–Trinajstić information content (AvgIpc) is 3.36. The third-order valence-electron chi connectivity index (χ3n) is 5.88. The molecule has 1 fully saturated rings. The van der Waals surface area contributed by atoms with Gasteiger partial charge in [0, 0.05) is 56.0 Å². The fourth-order valence-corrected chi connectivity index (χ4v) is 4.25. The Kier molecular flexibility index (Phi) is 4.31.